The summed E-state index contributed by atoms with van der Waals surface area (Å²) < 4.78 is 38.8. The third-order valence-corrected chi connectivity index (χ3v) is 5.97. The highest BCUT2D eigenvalue weighted by Crippen LogP contribution is 2.34. The molecule has 3 rings (SSSR count). The Hall–Kier alpha value is -2.49. The summed E-state index contributed by atoms with van der Waals surface area (Å²) in [5, 5.41) is 7.22. The number of nitrogens with two attached hydrogens (primary N) is 1. The average Bonchev–Trinajstić information content (AvgIpc) is 2.65. The third kappa shape index (κ3) is 4.58. The molecular formula is C19H20ClFN4O3S. The van der Waals surface area contributed by atoms with Crippen molar-refractivity contribution in [3.05, 3.63) is 64.2 Å². The number of aromatic nitrogens is 2. The van der Waals surface area contributed by atoms with E-state index >= 15 is 0 Å². The zero-order valence-electron chi connectivity index (χ0n) is 15.8. The van der Waals surface area contributed by atoms with Crippen molar-refractivity contribution in [1.29, 1.82) is 0 Å². The number of rotatable bonds is 6. The van der Waals surface area contributed by atoms with Crippen molar-refractivity contribution < 1.29 is 12.8 Å². The number of para-hydroxylation sites is 1. The zero-order valence-corrected chi connectivity index (χ0v) is 17.3. The zero-order chi connectivity index (χ0) is 21.3. The number of nitrogens with zero attached hydrogens (tertiary/aromatic N) is 2. The summed E-state index contributed by atoms with van der Waals surface area (Å²) in [5.41, 5.74) is 2.22. The minimum atomic E-state index is -3.92. The van der Waals surface area contributed by atoms with E-state index < -0.39 is 27.3 Å². The molecule has 0 saturated heterocycles. The van der Waals surface area contributed by atoms with Gasteiger partial charge in [-0.15, -0.1) is 11.6 Å². The monoisotopic (exact) mass is 438 g/mol. The summed E-state index contributed by atoms with van der Waals surface area (Å²) in [6.45, 7) is 1.77. The van der Waals surface area contributed by atoms with Gasteiger partial charge in [0.2, 0.25) is 10.0 Å². The van der Waals surface area contributed by atoms with Crippen molar-refractivity contribution in [2.24, 2.45) is 12.2 Å². The molecule has 0 fully saturated rings. The summed E-state index contributed by atoms with van der Waals surface area (Å²) in [6, 6.07) is 9.94. The van der Waals surface area contributed by atoms with Gasteiger partial charge < -0.3 is 9.88 Å². The van der Waals surface area contributed by atoms with E-state index in [9.17, 15) is 17.6 Å². The first-order valence-corrected chi connectivity index (χ1v) is 10.8. The highest BCUT2D eigenvalue weighted by atomic mass is 35.5. The fourth-order valence-corrected chi connectivity index (χ4v) is 4.36. The number of aryl methyl sites for hydroxylation is 2. The molecule has 10 heteroatoms. The largest absolute Gasteiger partial charge is 0.355 e. The summed E-state index contributed by atoms with van der Waals surface area (Å²) in [5.74, 6) is -0.694. The number of hydrogen-bond donors (Lipinski definition) is 2. The van der Waals surface area contributed by atoms with Gasteiger partial charge in [0.15, 0.2) is 0 Å². The van der Waals surface area contributed by atoms with Gasteiger partial charge in [-0.2, -0.15) is 0 Å². The first-order chi connectivity index (χ1) is 13.6. The number of nitrogens with one attached hydrogen (secondary N) is 1. The van der Waals surface area contributed by atoms with E-state index in [2.05, 4.69) is 10.3 Å². The molecule has 0 amide bonds. The first kappa shape index (κ1) is 21.2. The van der Waals surface area contributed by atoms with Gasteiger partial charge in [0.25, 0.3) is 5.56 Å². The lowest BCUT2D eigenvalue weighted by Crippen LogP contribution is -2.26. The second-order valence-corrected chi connectivity index (χ2v) is 8.97. The Labute approximate surface area is 172 Å². The lowest BCUT2D eigenvalue weighted by atomic mass is 10.0. The topological polar surface area (TPSA) is 107 Å². The Kier molecular flexibility index (Phi) is 5.92. The van der Waals surface area contributed by atoms with Gasteiger partial charge in [0.1, 0.15) is 6.17 Å². The van der Waals surface area contributed by atoms with Gasteiger partial charge in [-0.05, 0) is 30.7 Å². The fraction of sp³-hybridized carbons (Fsp3) is 0.263. The van der Waals surface area contributed by atoms with E-state index in [0.29, 0.717) is 27.8 Å². The van der Waals surface area contributed by atoms with E-state index in [1.165, 1.54) is 17.0 Å². The van der Waals surface area contributed by atoms with Crippen LogP contribution in [0.3, 0.4) is 0 Å². The molecule has 7 nitrogen and oxygen atoms in total. The van der Waals surface area contributed by atoms with Crippen molar-refractivity contribution in [2.45, 2.75) is 18.5 Å². The van der Waals surface area contributed by atoms with Gasteiger partial charge in [-0.3, -0.25) is 4.79 Å². The lowest BCUT2D eigenvalue weighted by molar-refractivity contribution is 0.340. The standard InChI is InChI=1S/C19H20ClFN4O3S/c1-11-14(7-8-16-17(11)19(26)25(2)10-23-16)24-15-6-4-3-5-12(15)18(21)13(20)9-29(22,27)28/h3-8,10,13,18,24H,9H2,1-2H3,(H2,22,27,28). The number of primary sulfonamides is 1. The van der Waals surface area contributed by atoms with Crippen LogP contribution >= 0.6 is 11.6 Å². The molecule has 29 heavy (non-hydrogen) atoms. The summed E-state index contributed by atoms with van der Waals surface area (Å²) in [6.07, 6.45) is -0.319. The maximum absolute atomic E-state index is 14.9. The minimum Gasteiger partial charge on any atom is -0.355 e. The van der Waals surface area contributed by atoms with Crippen LogP contribution in [0.25, 0.3) is 10.9 Å². The molecule has 0 aliphatic heterocycles. The summed E-state index contributed by atoms with van der Waals surface area (Å²) in [7, 11) is -2.31. The van der Waals surface area contributed by atoms with Crippen molar-refractivity contribution >= 4 is 43.9 Å². The number of benzene rings is 2. The van der Waals surface area contributed by atoms with Crippen molar-refractivity contribution in [1.82, 2.24) is 9.55 Å². The van der Waals surface area contributed by atoms with Gasteiger partial charge in [0, 0.05) is 24.0 Å². The van der Waals surface area contributed by atoms with Crippen molar-refractivity contribution in [3.8, 4) is 0 Å². The van der Waals surface area contributed by atoms with Crippen LogP contribution in [0, 0.1) is 6.92 Å². The first-order valence-electron chi connectivity index (χ1n) is 8.68. The number of halogens is 2. The van der Waals surface area contributed by atoms with Gasteiger partial charge in [0.05, 0.1) is 28.4 Å². The molecule has 0 aliphatic carbocycles. The number of sulfonamides is 1. The molecule has 1 heterocycles. The molecule has 3 N–H and O–H groups in total. The molecule has 0 aliphatic rings. The smallest absolute Gasteiger partial charge is 0.261 e. The molecule has 3 aromatic rings. The molecule has 2 unspecified atom stereocenters. The molecule has 1 aromatic heterocycles. The summed E-state index contributed by atoms with van der Waals surface area (Å²) >= 11 is 5.96. The van der Waals surface area contributed by atoms with Crippen LogP contribution in [0.1, 0.15) is 17.3 Å². The predicted molar refractivity (Wildman–Crippen MR) is 113 cm³/mol. The van der Waals surface area contributed by atoms with Crippen LogP contribution in [0.2, 0.25) is 0 Å². The predicted octanol–water partition coefficient (Wildman–Crippen LogP) is 2.89. The van der Waals surface area contributed by atoms with E-state index in [0.717, 1.165) is 0 Å². The number of anilines is 2. The number of alkyl halides is 2. The molecule has 0 spiro atoms. The lowest BCUT2D eigenvalue weighted by Gasteiger charge is -2.19. The number of fused-ring (bicyclic) bond motifs is 1. The highest BCUT2D eigenvalue weighted by molar-refractivity contribution is 7.89. The second-order valence-electron chi connectivity index (χ2n) is 6.75. The molecule has 0 saturated carbocycles. The van der Waals surface area contributed by atoms with Crippen LogP contribution in [0.5, 0.6) is 0 Å². The van der Waals surface area contributed by atoms with Crippen LogP contribution < -0.4 is 16.0 Å². The maximum Gasteiger partial charge on any atom is 0.261 e. The number of hydrogen-bond acceptors (Lipinski definition) is 5. The Morgan fingerprint density at radius 2 is 1.93 bits per heavy atom. The van der Waals surface area contributed by atoms with E-state index in [1.54, 1.807) is 44.3 Å². The highest BCUT2D eigenvalue weighted by Gasteiger charge is 2.27. The summed E-state index contributed by atoms with van der Waals surface area (Å²) in [4.78, 5) is 16.7. The molecule has 0 bridgehead atoms. The van der Waals surface area contributed by atoms with Crippen molar-refractivity contribution in [3.63, 3.8) is 0 Å². The molecule has 154 valence electrons. The van der Waals surface area contributed by atoms with Gasteiger partial charge in [-0.1, -0.05) is 18.2 Å². The minimum absolute atomic E-state index is 0.190. The van der Waals surface area contributed by atoms with Gasteiger partial charge >= 0.3 is 0 Å². The molecule has 2 aromatic carbocycles. The van der Waals surface area contributed by atoms with E-state index in [1.807, 2.05) is 0 Å². The Morgan fingerprint density at radius 3 is 2.62 bits per heavy atom. The van der Waals surface area contributed by atoms with Crippen LogP contribution in [0.15, 0.2) is 47.5 Å². The van der Waals surface area contributed by atoms with Crippen LogP contribution in [-0.2, 0) is 17.1 Å². The Bertz CT molecular complexity index is 1230. The Balaban J connectivity index is 2.01. The molecule has 2 atom stereocenters. The third-order valence-electron chi connectivity index (χ3n) is 4.58. The molecule has 0 radical (unpaired) electrons. The van der Waals surface area contributed by atoms with E-state index in [-0.39, 0.29) is 11.1 Å². The average molecular weight is 439 g/mol. The SMILES string of the molecule is Cc1c(Nc2ccccc2C(F)C(Cl)CS(N)(=O)=O)ccc2ncn(C)c(=O)c12. The van der Waals surface area contributed by atoms with Crippen molar-refractivity contribution in [2.75, 3.05) is 11.1 Å². The van der Waals surface area contributed by atoms with Crippen LogP contribution in [-0.4, -0.2) is 29.1 Å². The van der Waals surface area contributed by atoms with Gasteiger partial charge in [-0.25, -0.2) is 22.9 Å². The Morgan fingerprint density at radius 1 is 1.24 bits per heavy atom. The van der Waals surface area contributed by atoms with E-state index in [4.69, 9.17) is 16.7 Å². The maximum atomic E-state index is 14.9. The fourth-order valence-electron chi connectivity index (χ4n) is 3.09. The molecular weight excluding hydrogens is 419 g/mol. The normalized spacial score (nSPS) is 14.0. The quantitative estimate of drug-likeness (QED) is 0.575. The second kappa shape index (κ2) is 8.10. The van der Waals surface area contributed by atoms with Crippen LogP contribution in [0.4, 0.5) is 15.8 Å².